The standard InChI is InChI=1S/C16H18.3C2H6/c1-3-8-14-10-5-7-12-16(14)15-11-6-4-9-13(15)2;3*1-2/h4-7,9-12H,3,8H2,1-2H3;3*1-2H3. The molecule has 0 nitrogen and oxygen atoms in total. The molecule has 2 aromatic rings. The van der Waals surface area contributed by atoms with Crippen LogP contribution in [-0.2, 0) is 6.42 Å². The molecule has 0 amide bonds. The summed E-state index contributed by atoms with van der Waals surface area (Å²) >= 11 is 0. The van der Waals surface area contributed by atoms with Gasteiger partial charge in [-0.05, 0) is 35.6 Å². The minimum atomic E-state index is 1.16. The molecular weight excluding hydrogens is 264 g/mol. The number of hydrogen-bond donors (Lipinski definition) is 0. The van der Waals surface area contributed by atoms with E-state index >= 15 is 0 Å². The Hall–Kier alpha value is -1.56. The molecule has 0 atom stereocenters. The fourth-order valence-electron chi connectivity index (χ4n) is 2.15. The van der Waals surface area contributed by atoms with Crippen LogP contribution in [0.5, 0.6) is 0 Å². The normalized spacial score (nSPS) is 8.36. The molecule has 22 heavy (non-hydrogen) atoms. The van der Waals surface area contributed by atoms with Gasteiger partial charge in [-0.3, -0.25) is 0 Å². The first-order valence-electron chi connectivity index (χ1n) is 8.97. The summed E-state index contributed by atoms with van der Waals surface area (Å²) in [7, 11) is 0. The van der Waals surface area contributed by atoms with E-state index < -0.39 is 0 Å². The molecule has 0 spiro atoms. The van der Waals surface area contributed by atoms with E-state index in [1.807, 2.05) is 41.5 Å². The lowest BCUT2D eigenvalue weighted by molar-refractivity contribution is 0.923. The lowest BCUT2D eigenvalue weighted by Gasteiger charge is -2.11. The van der Waals surface area contributed by atoms with Gasteiger partial charge >= 0.3 is 0 Å². The quantitative estimate of drug-likeness (QED) is 0.545. The van der Waals surface area contributed by atoms with E-state index in [1.54, 1.807) is 0 Å². The van der Waals surface area contributed by atoms with E-state index in [-0.39, 0.29) is 0 Å². The monoisotopic (exact) mass is 300 g/mol. The predicted molar refractivity (Wildman–Crippen MR) is 105 cm³/mol. The second-order valence-electron chi connectivity index (χ2n) is 4.22. The fourth-order valence-corrected chi connectivity index (χ4v) is 2.15. The van der Waals surface area contributed by atoms with Crippen molar-refractivity contribution >= 4 is 0 Å². The zero-order chi connectivity index (χ0) is 17.4. The second-order valence-corrected chi connectivity index (χ2v) is 4.22. The summed E-state index contributed by atoms with van der Waals surface area (Å²) in [5, 5.41) is 0. The molecule has 0 heterocycles. The highest BCUT2D eigenvalue weighted by molar-refractivity contribution is 5.70. The average molecular weight is 301 g/mol. The van der Waals surface area contributed by atoms with Gasteiger partial charge in [-0.1, -0.05) is 103 Å². The Morgan fingerprint density at radius 1 is 0.636 bits per heavy atom. The third kappa shape index (κ3) is 7.45. The van der Waals surface area contributed by atoms with Crippen LogP contribution in [0, 0.1) is 6.92 Å². The topological polar surface area (TPSA) is 0 Å². The molecule has 0 aliphatic heterocycles. The van der Waals surface area contributed by atoms with Gasteiger partial charge in [0.25, 0.3) is 0 Å². The summed E-state index contributed by atoms with van der Waals surface area (Å²) in [4.78, 5) is 0. The molecule has 0 fully saturated rings. The molecular formula is C22H36. The maximum atomic E-state index is 2.24. The molecule has 0 radical (unpaired) electrons. The SMILES string of the molecule is CC.CC.CC.CCCc1ccccc1-c1ccccc1C. The van der Waals surface area contributed by atoms with E-state index in [4.69, 9.17) is 0 Å². The van der Waals surface area contributed by atoms with Crippen molar-refractivity contribution in [2.24, 2.45) is 0 Å². The van der Waals surface area contributed by atoms with Crippen molar-refractivity contribution < 1.29 is 0 Å². The van der Waals surface area contributed by atoms with Crippen LogP contribution in [0.3, 0.4) is 0 Å². The Kier molecular flexibility index (Phi) is 16.3. The molecule has 0 aliphatic carbocycles. The highest BCUT2D eigenvalue weighted by atomic mass is 14.1. The highest BCUT2D eigenvalue weighted by Gasteiger charge is 2.05. The van der Waals surface area contributed by atoms with Crippen LogP contribution in [0.2, 0.25) is 0 Å². The first-order chi connectivity index (χ1) is 10.8. The van der Waals surface area contributed by atoms with Crippen LogP contribution in [0.25, 0.3) is 11.1 Å². The zero-order valence-corrected chi connectivity index (χ0v) is 16.0. The van der Waals surface area contributed by atoms with E-state index in [0.29, 0.717) is 0 Å². The second kappa shape index (κ2) is 15.8. The number of benzene rings is 2. The lowest BCUT2D eigenvalue weighted by Crippen LogP contribution is -1.90. The minimum Gasteiger partial charge on any atom is -0.0683 e. The number of aryl methyl sites for hydroxylation is 2. The maximum absolute atomic E-state index is 2.24. The predicted octanol–water partition coefficient (Wildman–Crippen LogP) is 7.69. The fraction of sp³-hybridized carbons (Fsp3) is 0.455. The first-order valence-corrected chi connectivity index (χ1v) is 8.97. The molecule has 2 rings (SSSR count). The van der Waals surface area contributed by atoms with E-state index in [2.05, 4.69) is 62.4 Å². The van der Waals surface area contributed by atoms with Crippen molar-refractivity contribution in [3.8, 4) is 11.1 Å². The Bertz CT molecular complexity index is 469. The van der Waals surface area contributed by atoms with Crippen LogP contribution in [0.15, 0.2) is 48.5 Å². The summed E-state index contributed by atoms with van der Waals surface area (Å²) in [5.41, 5.74) is 5.57. The van der Waals surface area contributed by atoms with Crippen molar-refractivity contribution in [2.45, 2.75) is 68.2 Å². The van der Waals surface area contributed by atoms with Crippen molar-refractivity contribution in [3.63, 3.8) is 0 Å². The summed E-state index contributed by atoms with van der Waals surface area (Å²) in [5.74, 6) is 0. The van der Waals surface area contributed by atoms with Crippen molar-refractivity contribution in [1.29, 1.82) is 0 Å². The summed E-state index contributed by atoms with van der Waals surface area (Å²) in [6.07, 6.45) is 2.35. The van der Waals surface area contributed by atoms with Crippen LogP contribution < -0.4 is 0 Å². The van der Waals surface area contributed by atoms with E-state index in [9.17, 15) is 0 Å². The van der Waals surface area contributed by atoms with Gasteiger partial charge in [-0.2, -0.15) is 0 Å². The first kappa shape index (κ1) is 22.7. The third-order valence-electron chi connectivity index (χ3n) is 2.97. The Balaban J connectivity index is 0. The largest absolute Gasteiger partial charge is 0.0683 e. The molecule has 0 unspecified atom stereocenters. The van der Waals surface area contributed by atoms with E-state index in [0.717, 1.165) is 6.42 Å². The lowest BCUT2D eigenvalue weighted by atomic mass is 9.94. The van der Waals surface area contributed by atoms with E-state index in [1.165, 1.54) is 28.7 Å². The minimum absolute atomic E-state index is 1.16. The van der Waals surface area contributed by atoms with Gasteiger partial charge < -0.3 is 0 Å². The Morgan fingerprint density at radius 3 is 1.59 bits per heavy atom. The van der Waals surface area contributed by atoms with Crippen LogP contribution >= 0.6 is 0 Å². The molecule has 0 bridgehead atoms. The average Bonchev–Trinajstić information content (AvgIpc) is 2.62. The summed E-state index contributed by atoms with van der Waals surface area (Å²) in [6.45, 7) is 16.4. The molecule has 0 saturated heterocycles. The zero-order valence-electron chi connectivity index (χ0n) is 16.0. The van der Waals surface area contributed by atoms with Crippen molar-refractivity contribution in [1.82, 2.24) is 0 Å². The summed E-state index contributed by atoms with van der Waals surface area (Å²) < 4.78 is 0. The molecule has 2 aromatic carbocycles. The van der Waals surface area contributed by atoms with Gasteiger partial charge in [-0.15, -0.1) is 0 Å². The molecule has 0 aromatic heterocycles. The molecule has 0 saturated carbocycles. The molecule has 0 heteroatoms. The maximum Gasteiger partial charge on any atom is -0.0149 e. The van der Waals surface area contributed by atoms with Crippen molar-refractivity contribution in [2.75, 3.05) is 0 Å². The number of hydrogen-bond acceptors (Lipinski definition) is 0. The molecule has 0 N–H and O–H groups in total. The van der Waals surface area contributed by atoms with Crippen LogP contribution in [0.1, 0.15) is 66.0 Å². The Morgan fingerprint density at radius 2 is 1.09 bits per heavy atom. The van der Waals surface area contributed by atoms with Crippen molar-refractivity contribution in [3.05, 3.63) is 59.7 Å². The van der Waals surface area contributed by atoms with Crippen LogP contribution in [-0.4, -0.2) is 0 Å². The Labute approximate surface area is 139 Å². The van der Waals surface area contributed by atoms with Gasteiger partial charge in [0.2, 0.25) is 0 Å². The summed E-state index contributed by atoms with van der Waals surface area (Å²) in [6, 6.07) is 17.3. The highest BCUT2D eigenvalue weighted by Crippen LogP contribution is 2.27. The van der Waals surface area contributed by atoms with Gasteiger partial charge in [0.15, 0.2) is 0 Å². The van der Waals surface area contributed by atoms with Crippen LogP contribution in [0.4, 0.5) is 0 Å². The smallest absolute Gasteiger partial charge is 0.0149 e. The molecule has 124 valence electrons. The van der Waals surface area contributed by atoms with Gasteiger partial charge in [0.05, 0.1) is 0 Å². The number of rotatable bonds is 3. The van der Waals surface area contributed by atoms with Gasteiger partial charge in [0, 0.05) is 0 Å². The van der Waals surface area contributed by atoms with Gasteiger partial charge in [-0.25, -0.2) is 0 Å². The van der Waals surface area contributed by atoms with Gasteiger partial charge in [0.1, 0.15) is 0 Å². The third-order valence-corrected chi connectivity index (χ3v) is 2.97. The molecule has 0 aliphatic rings.